The highest BCUT2D eigenvalue weighted by Crippen LogP contribution is 2.31. The lowest BCUT2D eigenvalue weighted by Gasteiger charge is -2.16. The van der Waals surface area contributed by atoms with Gasteiger partial charge in [0.15, 0.2) is 17.5 Å². The molecule has 0 aliphatic carbocycles. The van der Waals surface area contributed by atoms with Crippen LogP contribution in [-0.2, 0) is 9.68 Å². The highest BCUT2D eigenvalue weighted by molar-refractivity contribution is 14.1. The van der Waals surface area contributed by atoms with Gasteiger partial charge in [0.05, 0.1) is 42.3 Å². The van der Waals surface area contributed by atoms with Crippen molar-refractivity contribution in [1.82, 2.24) is 5.48 Å². The molecule has 5 N–H and O–H groups in total. The fraction of sp³-hybridized carbons (Fsp3) is 0.222. The van der Waals surface area contributed by atoms with E-state index in [1.807, 2.05) is 28.1 Å². The maximum Gasteiger partial charge on any atom is 0.277 e. The van der Waals surface area contributed by atoms with Crippen LogP contribution in [0, 0.1) is 26.4 Å². The molecular weight excluding hydrogens is 550 g/mol. The number of aliphatic hydroxyl groups excluding tert-OH is 2. The number of anilines is 2. The number of nitrogens with one attached hydrogen (secondary N) is 3. The van der Waals surface area contributed by atoms with E-state index in [1.165, 1.54) is 12.1 Å². The topological polar surface area (TPSA) is 149 Å². The second-order valence-corrected chi connectivity index (χ2v) is 7.06. The first-order valence-corrected chi connectivity index (χ1v) is 9.87. The first-order valence-electron chi connectivity index (χ1n) is 8.80. The van der Waals surface area contributed by atoms with Gasteiger partial charge in [-0.05, 0) is 46.9 Å². The molecule has 0 fully saturated rings. The Balaban J connectivity index is 2.50. The van der Waals surface area contributed by atoms with Gasteiger partial charge in [0.25, 0.3) is 5.91 Å². The van der Waals surface area contributed by atoms with Gasteiger partial charge < -0.3 is 20.4 Å². The molecule has 0 saturated heterocycles. The summed E-state index contributed by atoms with van der Waals surface area (Å²) in [7, 11) is 0. The van der Waals surface area contributed by atoms with Gasteiger partial charge in [-0.15, -0.1) is 0 Å². The molecule has 2 aromatic rings. The normalized spacial score (nSPS) is 10.9. The highest BCUT2D eigenvalue weighted by Gasteiger charge is 2.25. The van der Waals surface area contributed by atoms with E-state index in [4.69, 9.17) is 20.5 Å². The third kappa shape index (κ3) is 6.59. The molecule has 0 spiro atoms. The summed E-state index contributed by atoms with van der Waals surface area (Å²) in [5, 5.41) is 33.8. The van der Waals surface area contributed by atoms with Crippen LogP contribution in [0.3, 0.4) is 0 Å². The Hall–Kier alpha value is -2.82. The smallest absolute Gasteiger partial charge is 0.277 e. The number of carbonyl (C=O) groups excluding carboxylic acids is 1. The first-order chi connectivity index (χ1) is 15.3. The minimum atomic E-state index is -1.59. The number of aliphatic hydroxyl groups is 2. The van der Waals surface area contributed by atoms with Gasteiger partial charge in [-0.3, -0.25) is 15.0 Å². The molecule has 0 atom stereocenters. The van der Waals surface area contributed by atoms with Gasteiger partial charge in [-0.2, -0.15) is 0 Å². The van der Waals surface area contributed by atoms with Gasteiger partial charge in [0.1, 0.15) is 12.4 Å². The molecule has 0 unspecified atom stereocenters. The third-order valence-electron chi connectivity index (χ3n) is 3.64. The Labute approximate surface area is 193 Å². The number of amidine groups is 1. The zero-order chi connectivity index (χ0) is 23.7. The van der Waals surface area contributed by atoms with Crippen molar-refractivity contribution in [3.05, 3.63) is 56.4 Å². The fourth-order valence-corrected chi connectivity index (χ4v) is 2.70. The Morgan fingerprint density at radius 2 is 1.81 bits per heavy atom. The minimum absolute atomic E-state index is 0.242. The van der Waals surface area contributed by atoms with Crippen LogP contribution in [0.15, 0.2) is 34.7 Å². The Kier molecular flexibility index (Phi) is 9.76. The summed E-state index contributed by atoms with van der Waals surface area (Å²) >= 11 is 1.86. The average molecular weight is 567 g/mol. The highest BCUT2D eigenvalue weighted by atomic mass is 127. The molecule has 172 valence electrons. The van der Waals surface area contributed by atoms with Crippen LogP contribution in [0.5, 0.6) is 0 Å². The van der Waals surface area contributed by atoms with Crippen molar-refractivity contribution < 1.29 is 37.9 Å². The van der Waals surface area contributed by atoms with Crippen molar-refractivity contribution in [3.8, 4) is 0 Å². The first kappa shape index (κ1) is 25.4. The largest absolute Gasteiger partial charge is 0.394 e. The molecule has 1 amide bonds. The predicted molar refractivity (Wildman–Crippen MR) is 114 cm³/mol. The minimum Gasteiger partial charge on any atom is -0.394 e. The van der Waals surface area contributed by atoms with Gasteiger partial charge in [0.2, 0.25) is 0 Å². The van der Waals surface area contributed by atoms with Crippen LogP contribution in [0.2, 0.25) is 0 Å². The lowest BCUT2D eigenvalue weighted by molar-refractivity contribution is 0.0168. The number of nitrogens with zero attached hydrogens (tertiary/aromatic N) is 2. The van der Waals surface area contributed by atoms with E-state index in [1.54, 1.807) is 0 Å². The summed E-state index contributed by atoms with van der Waals surface area (Å²) in [5.74, 6) is -5.91. The zero-order valence-electron chi connectivity index (χ0n) is 16.2. The van der Waals surface area contributed by atoms with Crippen LogP contribution < -0.4 is 10.8 Å². The van der Waals surface area contributed by atoms with E-state index in [2.05, 4.69) is 20.5 Å². The lowest BCUT2D eigenvalue weighted by atomic mass is 10.0. The molecule has 10 nitrogen and oxygen atoms in total. The monoisotopic (exact) mass is 567 g/mol. The number of hydrogen-bond acceptors (Lipinski definition) is 8. The number of rotatable bonds is 10. The van der Waals surface area contributed by atoms with Crippen LogP contribution in [0.4, 0.5) is 24.5 Å². The van der Waals surface area contributed by atoms with Crippen molar-refractivity contribution in [2.45, 2.75) is 0 Å². The lowest BCUT2D eigenvalue weighted by Crippen LogP contribution is -2.27. The van der Waals surface area contributed by atoms with Crippen molar-refractivity contribution in [2.24, 2.45) is 10.4 Å². The summed E-state index contributed by atoms with van der Waals surface area (Å²) in [6.45, 7) is -1.35. The van der Waals surface area contributed by atoms with Crippen LogP contribution >= 0.6 is 22.6 Å². The number of benzene rings is 2. The van der Waals surface area contributed by atoms with Crippen molar-refractivity contribution in [2.75, 3.05) is 31.7 Å². The van der Waals surface area contributed by atoms with E-state index >= 15 is 0 Å². The number of hydroxylamine groups is 1. The summed E-state index contributed by atoms with van der Waals surface area (Å²) in [5.41, 5.74) is -0.344. The fourth-order valence-electron chi connectivity index (χ4n) is 2.25. The summed E-state index contributed by atoms with van der Waals surface area (Å²) < 4.78 is 44.4. The van der Waals surface area contributed by atoms with Gasteiger partial charge in [-0.25, -0.2) is 18.7 Å². The van der Waals surface area contributed by atoms with E-state index in [9.17, 15) is 18.0 Å². The van der Waals surface area contributed by atoms with Crippen LogP contribution in [0.25, 0.3) is 0 Å². The molecule has 0 aromatic heterocycles. The van der Waals surface area contributed by atoms with Crippen LogP contribution in [0.1, 0.15) is 15.9 Å². The second kappa shape index (κ2) is 12.3. The molecule has 32 heavy (non-hydrogen) atoms. The SMILES string of the molecule is N=C(/N=N/OCCO)c1cc(C(=O)NOCCO)c(Nc2ccc(I)cc2F)c(F)c1F. The molecule has 0 aliphatic rings. The number of halogens is 4. The van der Waals surface area contributed by atoms with Crippen molar-refractivity contribution in [1.29, 1.82) is 5.41 Å². The van der Waals surface area contributed by atoms with E-state index in [0.717, 1.165) is 12.1 Å². The summed E-state index contributed by atoms with van der Waals surface area (Å²) in [6, 6.07) is 4.69. The number of carbonyl (C=O) groups is 1. The number of amides is 1. The van der Waals surface area contributed by atoms with Gasteiger partial charge in [-0.1, -0.05) is 5.11 Å². The third-order valence-corrected chi connectivity index (χ3v) is 4.31. The molecule has 0 bridgehead atoms. The zero-order valence-corrected chi connectivity index (χ0v) is 18.3. The molecule has 0 aliphatic heterocycles. The molecule has 0 heterocycles. The Morgan fingerprint density at radius 3 is 2.47 bits per heavy atom. The number of hydrogen-bond donors (Lipinski definition) is 5. The average Bonchev–Trinajstić information content (AvgIpc) is 2.76. The Morgan fingerprint density at radius 1 is 1.09 bits per heavy atom. The summed E-state index contributed by atoms with van der Waals surface area (Å²) in [4.78, 5) is 21.7. The van der Waals surface area contributed by atoms with E-state index in [0.29, 0.717) is 3.57 Å². The van der Waals surface area contributed by atoms with Gasteiger partial charge in [0, 0.05) is 8.85 Å². The molecule has 2 rings (SSSR count). The predicted octanol–water partition coefficient (Wildman–Crippen LogP) is 2.81. The maximum atomic E-state index is 14.9. The van der Waals surface area contributed by atoms with Gasteiger partial charge >= 0.3 is 0 Å². The van der Waals surface area contributed by atoms with Crippen molar-refractivity contribution >= 4 is 45.7 Å². The van der Waals surface area contributed by atoms with E-state index < -0.39 is 52.6 Å². The summed E-state index contributed by atoms with van der Waals surface area (Å²) in [6.07, 6.45) is 0. The standard InChI is InChI=1S/C18H17F3IN5O5/c19-12-7-9(22)1-2-13(12)24-16-11(18(30)26-31-5-3-28)8-10(14(20)15(16)21)17(23)25-27-32-6-4-29/h1-2,7-8,23-24,28-29H,3-6H2,(H,26,30)/b23-17?,27-25+. The maximum absolute atomic E-state index is 14.9. The van der Waals surface area contributed by atoms with E-state index in [-0.39, 0.29) is 25.5 Å². The Bertz CT molecular complexity index is 1020. The molecule has 2 aromatic carbocycles. The quantitative estimate of drug-likeness (QED) is 0.0745. The molecule has 0 saturated carbocycles. The molecular formula is C18H17F3IN5O5. The second-order valence-electron chi connectivity index (χ2n) is 5.81. The van der Waals surface area contributed by atoms with Crippen LogP contribution in [-0.4, -0.2) is 48.4 Å². The van der Waals surface area contributed by atoms with Crippen molar-refractivity contribution in [3.63, 3.8) is 0 Å². The molecule has 0 radical (unpaired) electrons. The molecule has 14 heteroatoms.